The fraction of sp³-hybridized carbons (Fsp3) is 0.333. The second-order valence-corrected chi connectivity index (χ2v) is 9.06. The van der Waals surface area contributed by atoms with E-state index in [0.29, 0.717) is 19.6 Å². The van der Waals surface area contributed by atoms with Gasteiger partial charge in [0.15, 0.2) is 5.76 Å². The summed E-state index contributed by atoms with van der Waals surface area (Å²) in [5.41, 5.74) is 1.01. The molecule has 3 heterocycles. The van der Waals surface area contributed by atoms with Gasteiger partial charge in [0.1, 0.15) is 22.5 Å². The lowest BCUT2D eigenvalue weighted by molar-refractivity contribution is 0.414. The van der Waals surface area contributed by atoms with Crippen molar-refractivity contribution in [2.45, 2.75) is 31.2 Å². The Morgan fingerprint density at radius 3 is 2.58 bits per heavy atom. The van der Waals surface area contributed by atoms with Crippen molar-refractivity contribution in [2.24, 2.45) is 0 Å². The highest BCUT2D eigenvalue weighted by atomic mass is 32.2. The summed E-state index contributed by atoms with van der Waals surface area (Å²) in [7, 11) is -2.04. The normalized spacial score (nSPS) is 14.5. The van der Waals surface area contributed by atoms with Crippen LogP contribution < -0.4 is 10.1 Å². The van der Waals surface area contributed by atoms with Gasteiger partial charge in [-0.3, -0.25) is 0 Å². The summed E-state index contributed by atoms with van der Waals surface area (Å²) in [5, 5.41) is 12.5. The van der Waals surface area contributed by atoms with E-state index in [-0.39, 0.29) is 33.9 Å². The van der Waals surface area contributed by atoms with Gasteiger partial charge in [0.25, 0.3) is 5.89 Å². The van der Waals surface area contributed by atoms with Crippen LogP contribution in [0.2, 0.25) is 0 Å². The van der Waals surface area contributed by atoms with E-state index in [2.05, 4.69) is 10.3 Å². The molecule has 0 amide bonds. The van der Waals surface area contributed by atoms with Gasteiger partial charge in [-0.2, -0.15) is 14.6 Å². The zero-order valence-corrected chi connectivity index (χ0v) is 18.0. The van der Waals surface area contributed by atoms with E-state index in [0.717, 1.165) is 24.2 Å². The Hall–Kier alpha value is -3.29. The Labute approximate surface area is 180 Å². The minimum Gasteiger partial charge on any atom is -0.497 e. The van der Waals surface area contributed by atoms with Crippen LogP contribution in [-0.2, 0) is 16.6 Å². The van der Waals surface area contributed by atoms with Gasteiger partial charge in [0, 0.05) is 25.7 Å². The number of nitrogens with one attached hydrogen (secondary N) is 1. The second kappa shape index (κ2) is 8.45. The van der Waals surface area contributed by atoms with Crippen LogP contribution in [0.1, 0.15) is 29.9 Å². The van der Waals surface area contributed by atoms with Crippen LogP contribution in [0.25, 0.3) is 11.7 Å². The summed E-state index contributed by atoms with van der Waals surface area (Å²) in [6, 6.07) is 10.8. The van der Waals surface area contributed by atoms with Gasteiger partial charge in [-0.15, -0.1) is 0 Å². The first kappa shape index (κ1) is 21.0. The molecule has 0 saturated carbocycles. The van der Waals surface area contributed by atoms with Crippen molar-refractivity contribution in [1.82, 2.24) is 9.29 Å². The second-order valence-electron chi connectivity index (χ2n) is 7.15. The zero-order chi connectivity index (χ0) is 22.0. The standard InChI is InChI=1S/C21H22N4O5S/c1-14-19(31(26,27)25-9-3-4-10-25)11-18(29-14)21-24-17(12-22)20(30-21)23-13-15-5-7-16(28-2)8-6-15/h5-8,11,23H,3-4,9-10,13H2,1-2H3. The number of hydrogen-bond acceptors (Lipinski definition) is 8. The molecule has 0 unspecified atom stereocenters. The molecule has 0 atom stereocenters. The summed E-state index contributed by atoms with van der Waals surface area (Å²) in [4.78, 5) is 4.25. The van der Waals surface area contributed by atoms with Gasteiger partial charge in [-0.25, -0.2) is 8.42 Å². The van der Waals surface area contributed by atoms with Crippen molar-refractivity contribution in [3.05, 3.63) is 47.3 Å². The average molecular weight is 442 g/mol. The molecule has 0 spiro atoms. The number of rotatable bonds is 7. The number of nitriles is 1. The van der Waals surface area contributed by atoms with E-state index in [9.17, 15) is 13.7 Å². The SMILES string of the molecule is COc1ccc(CNc2oc(-c3cc(S(=O)(=O)N4CCCC4)c(C)o3)nc2C#N)cc1. The lowest BCUT2D eigenvalue weighted by Gasteiger charge is -2.14. The molecule has 1 N–H and O–H groups in total. The maximum Gasteiger partial charge on any atom is 0.266 e. The lowest BCUT2D eigenvalue weighted by atomic mass is 10.2. The third-order valence-electron chi connectivity index (χ3n) is 5.11. The first-order valence-electron chi connectivity index (χ1n) is 9.81. The Balaban J connectivity index is 1.57. The number of aromatic nitrogens is 1. The van der Waals surface area contributed by atoms with Crippen LogP contribution in [0, 0.1) is 18.3 Å². The highest BCUT2D eigenvalue weighted by Crippen LogP contribution is 2.33. The van der Waals surface area contributed by atoms with Crippen molar-refractivity contribution in [2.75, 3.05) is 25.5 Å². The van der Waals surface area contributed by atoms with Gasteiger partial charge in [0.2, 0.25) is 21.6 Å². The number of methoxy groups -OCH3 is 1. The molecular weight excluding hydrogens is 420 g/mol. The predicted octanol–water partition coefficient (Wildman–Crippen LogP) is 3.52. The number of benzene rings is 1. The van der Waals surface area contributed by atoms with Gasteiger partial charge in [-0.1, -0.05) is 12.1 Å². The van der Waals surface area contributed by atoms with Crippen LogP contribution in [-0.4, -0.2) is 37.9 Å². The fourth-order valence-corrected chi connectivity index (χ4v) is 5.12. The van der Waals surface area contributed by atoms with E-state index in [1.54, 1.807) is 14.0 Å². The van der Waals surface area contributed by atoms with Gasteiger partial charge >= 0.3 is 0 Å². The van der Waals surface area contributed by atoms with E-state index >= 15 is 0 Å². The minimum absolute atomic E-state index is 0.0414. The third kappa shape index (κ3) is 4.15. The fourth-order valence-electron chi connectivity index (χ4n) is 3.44. The quantitative estimate of drug-likeness (QED) is 0.590. The van der Waals surface area contributed by atoms with E-state index in [1.165, 1.54) is 10.4 Å². The zero-order valence-electron chi connectivity index (χ0n) is 17.2. The first-order chi connectivity index (χ1) is 14.9. The number of furan rings is 1. The molecule has 0 bridgehead atoms. The highest BCUT2D eigenvalue weighted by Gasteiger charge is 2.32. The summed E-state index contributed by atoms with van der Waals surface area (Å²) in [6.07, 6.45) is 1.69. The summed E-state index contributed by atoms with van der Waals surface area (Å²) < 4.78 is 43.7. The molecule has 31 heavy (non-hydrogen) atoms. The van der Waals surface area contributed by atoms with Crippen LogP contribution in [0.4, 0.5) is 5.88 Å². The molecule has 2 aromatic heterocycles. The monoisotopic (exact) mass is 442 g/mol. The molecule has 0 aliphatic carbocycles. The molecule has 10 heteroatoms. The average Bonchev–Trinajstić information content (AvgIpc) is 3.52. The van der Waals surface area contributed by atoms with Crippen molar-refractivity contribution in [3.8, 4) is 23.5 Å². The number of sulfonamides is 1. The Kier molecular flexibility index (Phi) is 5.71. The molecule has 1 aliphatic heterocycles. The highest BCUT2D eigenvalue weighted by molar-refractivity contribution is 7.89. The molecular formula is C21H22N4O5S. The topological polar surface area (TPSA) is 122 Å². The molecule has 162 valence electrons. The predicted molar refractivity (Wildman–Crippen MR) is 112 cm³/mol. The number of aryl methyl sites for hydroxylation is 1. The van der Waals surface area contributed by atoms with Crippen molar-refractivity contribution < 1.29 is 22.0 Å². The Morgan fingerprint density at radius 2 is 1.94 bits per heavy atom. The molecule has 1 saturated heterocycles. The van der Waals surface area contributed by atoms with E-state index < -0.39 is 10.0 Å². The molecule has 0 radical (unpaired) electrons. The van der Waals surface area contributed by atoms with Gasteiger partial charge < -0.3 is 18.9 Å². The number of oxazole rings is 1. The maximum atomic E-state index is 12.9. The molecule has 1 aliphatic rings. The number of nitrogens with zero attached hydrogens (tertiary/aromatic N) is 3. The number of ether oxygens (including phenoxy) is 1. The molecule has 9 nitrogen and oxygen atoms in total. The third-order valence-corrected chi connectivity index (χ3v) is 7.12. The van der Waals surface area contributed by atoms with Crippen LogP contribution in [0.3, 0.4) is 0 Å². The van der Waals surface area contributed by atoms with E-state index in [1.807, 2.05) is 30.3 Å². The number of anilines is 1. The van der Waals surface area contributed by atoms with Crippen molar-refractivity contribution in [1.29, 1.82) is 5.26 Å². The summed E-state index contributed by atoms with van der Waals surface area (Å²) in [6.45, 7) is 2.99. The van der Waals surface area contributed by atoms with Crippen molar-refractivity contribution in [3.63, 3.8) is 0 Å². The van der Waals surface area contributed by atoms with Gasteiger partial charge in [-0.05, 0) is 37.5 Å². The Bertz CT molecular complexity index is 1220. The van der Waals surface area contributed by atoms with Crippen molar-refractivity contribution >= 4 is 15.9 Å². The van der Waals surface area contributed by atoms with Crippen LogP contribution >= 0.6 is 0 Å². The minimum atomic E-state index is -3.64. The first-order valence-corrected chi connectivity index (χ1v) is 11.2. The molecule has 3 aromatic rings. The summed E-state index contributed by atoms with van der Waals surface area (Å²) in [5.74, 6) is 1.39. The largest absolute Gasteiger partial charge is 0.497 e. The van der Waals surface area contributed by atoms with Crippen LogP contribution in [0.15, 0.2) is 44.1 Å². The molecule has 4 rings (SSSR count). The van der Waals surface area contributed by atoms with Gasteiger partial charge in [0.05, 0.1) is 7.11 Å². The lowest BCUT2D eigenvalue weighted by Crippen LogP contribution is -2.27. The summed E-state index contributed by atoms with van der Waals surface area (Å²) >= 11 is 0. The smallest absolute Gasteiger partial charge is 0.266 e. The number of hydrogen-bond donors (Lipinski definition) is 1. The van der Waals surface area contributed by atoms with E-state index in [4.69, 9.17) is 13.6 Å². The molecule has 1 aromatic carbocycles. The van der Waals surface area contributed by atoms with Crippen LogP contribution in [0.5, 0.6) is 5.75 Å². The maximum absolute atomic E-state index is 12.9. The Morgan fingerprint density at radius 1 is 1.23 bits per heavy atom. The molecule has 1 fully saturated rings.